The number of halogens is 1. The smallest absolute Gasteiger partial charge is 0.270 e. The molecule has 18 heavy (non-hydrogen) atoms. The molecule has 0 saturated heterocycles. The van der Waals surface area contributed by atoms with Crippen molar-refractivity contribution in [2.24, 2.45) is 0 Å². The highest BCUT2D eigenvalue weighted by Crippen LogP contribution is 2.19. The zero-order valence-electron chi connectivity index (χ0n) is 9.18. The molecule has 0 bridgehead atoms. The van der Waals surface area contributed by atoms with Crippen LogP contribution >= 0.6 is 27.3 Å². The first-order chi connectivity index (χ1) is 8.69. The molecule has 1 amide bonds. The summed E-state index contributed by atoms with van der Waals surface area (Å²) in [6.07, 6.45) is 1.45. The van der Waals surface area contributed by atoms with E-state index in [1.807, 2.05) is 17.5 Å². The topological polar surface area (TPSA) is 65.8 Å². The normalized spacial score (nSPS) is 9.78. The zero-order chi connectivity index (χ0) is 13.0. The van der Waals surface area contributed by atoms with Crippen LogP contribution in [-0.4, -0.2) is 10.9 Å². The maximum absolute atomic E-state index is 11.8. The van der Waals surface area contributed by atoms with Crippen molar-refractivity contribution in [1.29, 1.82) is 5.26 Å². The van der Waals surface area contributed by atoms with Crippen molar-refractivity contribution in [3.05, 3.63) is 50.4 Å². The van der Waals surface area contributed by atoms with Gasteiger partial charge in [-0.15, -0.1) is 11.3 Å². The number of amides is 1. The average Bonchev–Trinajstić information content (AvgIpc) is 2.82. The number of aromatic nitrogens is 1. The summed E-state index contributed by atoms with van der Waals surface area (Å²) in [6, 6.07) is 6.96. The largest absolute Gasteiger partial charge is 0.346 e. The van der Waals surface area contributed by atoms with Crippen LogP contribution in [0.2, 0.25) is 0 Å². The number of nitrogens with zero attached hydrogens (tertiary/aromatic N) is 2. The van der Waals surface area contributed by atoms with Crippen molar-refractivity contribution in [2.75, 3.05) is 0 Å². The van der Waals surface area contributed by atoms with Crippen LogP contribution in [0.1, 0.15) is 20.9 Å². The SMILES string of the molecule is N#Cc1ccnc(C(=O)NCc2cc(Br)cs2)c1. The van der Waals surface area contributed by atoms with E-state index in [9.17, 15) is 4.79 Å². The predicted molar refractivity (Wildman–Crippen MR) is 72.1 cm³/mol. The Morgan fingerprint density at radius 3 is 3.06 bits per heavy atom. The lowest BCUT2D eigenvalue weighted by atomic mass is 10.2. The van der Waals surface area contributed by atoms with Crippen molar-refractivity contribution in [3.8, 4) is 6.07 Å². The maximum atomic E-state index is 11.8. The van der Waals surface area contributed by atoms with Crippen molar-refractivity contribution in [3.63, 3.8) is 0 Å². The van der Waals surface area contributed by atoms with E-state index in [1.165, 1.54) is 12.3 Å². The van der Waals surface area contributed by atoms with E-state index in [1.54, 1.807) is 17.4 Å². The van der Waals surface area contributed by atoms with E-state index in [0.717, 1.165) is 9.35 Å². The fraction of sp³-hybridized carbons (Fsp3) is 0.0833. The lowest BCUT2D eigenvalue weighted by Crippen LogP contribution is -2.23. The number of hydrogen-bond acceptors (Lipinski definition) is 4. The second-order valence-electron chi connectivity index (χ2n) is 3.46. The van der Waals surface area contributed by atoms with Gasteiger partial charge in [-0.3, -0.25) is 9.78 Å². The number of thiophene rings is 1. The van der Waals surface area contributed by atoms with Gasteiger partial charge >= 0.3 is 0 Å². The Morgan fingerprint density at radius 1 is 1.56 bits per heavy atom. The summed E-state index contributed by atoms with van der Waals surface area (Å²) in [5.74, 6) is -0.281. The van der Waals surface area contributed by atoms with E-state index >= 15 is 0 Å². The van der Waals surface area contributed by atoms with Crippen molar-refractivity contribution in [1.82, 2.24) is 10.3 Å². The van der Waals surface area contributed by atoms with Crippen LogP contribution in [-0.2, 0) is 6.54 Å². The lowest BCUT2D eigenvalue weighted by Gasteiger charge is -2.02. The summed E-state index contributed by atoms with van der Waals surface area (Å²) in [7, 11) is 0. The van der Waals surface area contributed by atoms with Gasteiger partial charge in [0.1, 0.15) is 5.69 Å². The van der Waals surface area contributed by atoms with Gasteiger partial charge < -0.3 is 5.32 Å². The van der Waals surface area contributed by atoms with Gasteiger partial charge in [-0.2, -0.15) is 5.26 Å². The molecule has 90 valence electrons. The van der Waals surface area contributed by atoms with Gasteiger partial charge in [0.15, 0.2) is 0 Å². The number of nitrogens with one attached hydrogen (secondary N) is 1. The van der Waals surface area contributed by atoms with Crippen LogP contribution in [0.25, 0.3) is 0 Å². The molecule has 2 rings (SSSR count). The van der Waals surface area contributed by atoms with Gasteiger partial charge in [0.05, 0.1) is 18.2 Å². The number of rotatable bonds is 3. The Balaban J connectivity index is 2.01. The Bertz CT molecular complexity index is 618. The molecule has 1 N–H and O–H groups in total. The number of nitriles is 1. The molecular weight excluding hydrogens is 314 g/mol. The van der Waals surface area contributed by atoms with E-state index in [0.29, 0.717) is 12.1 Å². The van der Waals surface area contributed by atoms with Gasteiger partial charge in [0.25, 0.3) is 5.91 Å². The molecule has 2 heterocycles. The van der Waals surface area contributed by atoms with Gasteiger partial charge in [-0.25, -0.2) is 0 Å². The molecule has 0 spiro atoms. The summed E-state index contributed by atoms with van der Waals surface area (Å²) in [6.45, 7) is 0.452. The minimum atomic E-state index is -0.281. The minimum Gasteiger partial charge on any atom is -0.346 e. The van der Waals surface area contributed by atoms with Gasteiger partial charge in [0.2, 0.25) is 0 Å². The van der Waals surface area contributed by atoms with Gasteiger partial charge in [0, 0.05) is 20.9 Å². The van der Waals surface area contributed by atoms with E-state index < -0.39 is 0 Å². The van der Waals surface area contributed by atoms with Crippen molar-refractivity contribution >= 4 is 33.2 Å². The van der Waals surface area contributed by atoms with Crippen molar-refractivity contribution < 1.29 is 4.79 Å². The van der Waals surface area contributed by atoms with Crippen LogP contribution in [0.3, 0.4) is 0 Å². The molecule has 0 saturated carbocycles. The molecule has 2 aromatic rings. The maximum Gasteiger partial charge on any atom is 0.270 e. The zero-order valence-corrected chi connectivity index (χ0v) is 11.6. The molecule has 6 heteroatoms. The number of pyridine rings is 1. The fourth-order valence-corrected chi connectivity index (χ4v) is 2.72. The molecule has 2 aromatic heterocycles. The Kier molecular flexibility index (Phi) is 4.07. The number of hydrogen-bond donors (Lipinski definition) is 1. The highest BCUT2D eigenvalue weighted by atomic mass is 79.9. The molecule has 0 atom stereocenters. The monoisotopic (exact) mass is 321 g/mol. The van der Waals surface area contributed by atoms with E-state index in [4.69, 9.17) is 5.26 Å². The summed E-state index contributed by atoms with van der Waals surface area (Å²) in [4.78, 5) is 16.8. The summed E-state index contributed by atoms with van der Waals surface area (Å²) < 4.78 is 1.00. The molecule has 0 aromatic carbocycles. The summed E-state index contributed by atoms with van der Waals surface area (Å²) >= 11 is 4.91. The second-order valence-corrected chi connectivity index (χ2v) is 5.37. The Labute approximate surface area is 116 Å². The standard InChI is InChI=1S/C12H8BrN3OS/c13-9-4-10(18-7-9)6-16-12(17)11-3-8(5-14)1-2-15-11/h1-4,7H,6H2,(H,16,17). The quantitative estimate of drug-likeness (QED) is 0.945. The molecule has 0 aliphatic carbocycles. The molecule has 4 nitrogen and oxygen atoms in total. The third-order valence-corrected chi connectivity index (χ3v) is 3.86. The third kappa shape index (κ3) is 3.15. The highest BCUT2D eigenvalue weighted by Gasteiger charge is 2.08. The molecule has 0 fully saturated rings. The molecule has 0 radical (unpaired) electrons. The molecule has 0 aliphatic heterocycles. The predicted octanol–water partition coefficient (Wildman–Crippen LogP) is 2.71. The first-order valence-electron chi connectivity index (χ1n) is 5.06. The first kappa shape index (κ1) is 12.7. The second kappa shape index (κ2) is 5.76. The first-order valence-corrected chi connectivity index (χ1v) is 6.73. The number of carbonyl (C=O) groups is 1. The van der Waals surface area contributed by atoms with Crippen LogP contribution in [0.5, 0.6) is 0 Å². The van der Waals surface area contributed by atoms with Gasteiger partial charge in [-0.1, -0.05) is 0 Å². The van der Waals surface area contributed by atoms with E-state index in [2.05, 4.69) is 26.2 Å². The van der Waals surface area contributed by atoms with Crippen LogP contribution in [0, 0.1) is 11.3 Å². The molecule has 0 aliphatic rings. The summed E-state index contributed by atoms with van der Waals surface area (Å²) in [5, 5.41) is 13.5. The average molecular weight is 322 g/mol. The van der Waals surface area contributed by atoms with Crippen molar-refractivity contribution in [2.45, 2.75) is 6.54 Å². The molecular formula is C12H8BrN3OS. The van der Waals surface area contributed by atoms with E-state index in [-0.39, 0.29) is 11.6 Å². The lowest BCUT2D eigenvalue weighted by molar-refractivity contribution is 0.0946. The molecule has 0 unspecified atom stereocenters. The van der Waals surface area contributed by atoms with Crippen LogP contribution in [0.15, 0.2) is 34.2 Å². The minimum absolute atomic E-state index is 0.254. The van der Waals surface area contributed by atoms with Gasteiger partial charge in [-0.05, 0) is 34.1 Å². The van der Waals surface area contributed by atoms with Crippen LogP contribution in [0.4, 0.5) is 0 Å². The highest BCUT2D eigenvalue weighted by molar-refractivity contribution is 9.10. The summed E-state index contributed by atoms with van der Waals surface area (Å²) in [5.41, 5.74) is 0.679. The number of carbonyl (C=O) groups excluding carboxylic acids is 1. The Hall–Kier alpha value is -1.71. The van der Waals surface area contributed by atoms with Crippen LogP contribution < -0.4 is 5.32 Å². The Morgan fingerprint density at radius 2 is 2.39 bits per heavy atom. The third-order valence-electron chi connectivity index (χ3n) is 2.17. The fourth-order valence-electron chi connectivity index (χ4n) is 1.33.